The van der Waals surface area contributed by atoms with E-state index in [1.807, 2.05) is 12.1 Å². The minimum atomic E-state index is -0.206. The average molecular weight is 443 g/mol. The van der Waals surface area contributed by atoms with Crippen molar-refractivity contribution >= 4 is 23.6 Å². The molecular formula is C25H34N2O3S. The van der Waals surface area contributed by atoms with Gasteiger partial charge in [0.15, 0.2) is 17.3 Å². The summed E-state index contributed by atoms with van der Waals surface area (Å²) in [6.07, 6.45) is 9.76. The Morgan fingerprint density at radius 1 is 1.06 bits per heavy atom. The molecule has 0 aliphatic heterocycles. The van der Waals surface area contributed by atoms with E-state index in [9.17, 15) is 15.0 Å². The van der Waals surface area contributed by atoms with Crippen molar-refractivity contribution in [3.63, 3.8) is 0 Å². The van der Waals surface area contributed by atoms with Gasteiger partial charge in [0, 0.05) is 5.69 Å². The predicted octanol–water partition coefficient (Wildman–Crippen LogP) is 5.56. The van der Waals surface area contributed by atoms with Crippen molar-refractivity contribution in [3.05, 3.63) is 53.2 Å². The molecule has 0 spiro atoms. The molecule has 0 aliphatic rings. The van der Waals surface area contributed by atoms with Crippen molar-refractivity contribution in [2.45, 2.75) is 50.5 Å². The molecule has 1 aromatic carbocycles. The third kappa shape index (κ3) is 8.75. The average Bonchev–Trinajstić information content (AvgIpc) is 2.74. The number of phenolic OH excluding ortho intramolecular Hbond substituents is 2. The number of allylic oxidation sites excluding steroid dienone is 1. The second kappa shape index (κ2) is 13.2. The maximum atomic E-state index is 12.8. The number of unbranched alkanes of at least 4 members (excludes halogenated alkanes) is 3. The molecule has 0 saturated carbocycles. The Morgan fingerprint density at radius 2 is 1.84 bits per heavy atom. The molecule has 1 heterocycles. The summed E-state index contributed by atoms with van der Waals surface area (Å²) in [7, 11) is 4.20. The van der Waals surface area contributed by atoms with Gasteiger partial charge in [-0.1, -0.05) is 38.3 Å². The van der Waals surface area contributed by atoms with Crippen molar-refractivity contribution in [2.75, 3.05) is 26.4 Å². The summed E-state index contributed by atoms with van der Waals surface area (Å²) in [4.78, 5) is 19.8. The van der Waals surface area contributed by atoms with Crippen LogP contribution in [0.25, 0.3) is 6.08 Å². The molecule has 0 amide bonds. The molecule has 31 heavy (non-hydrogen) atoms. The number of pyridine rings is 1. The summed E-state index contributed by atoms with van der Waals surface area (Å²) in [6.45, 7) is 3.24. The van der Waals surface area contributed by atoms with Gasteiger partial charge in [0.1, 0.15) is 5.03 Å². The number of carbonyl (C=O) groups excluding carboxylic acids is 1. The number of carbonyl (C=O) groups is 1. The van der Waals surface area contributed by atoms with Crippen LogP contribution < -0.4 is 0 Å². The van der Waals surface area contributed by atoms with Gasteiger partial charge in [0.05, 0.1) is 5.56 Å². The SMILES string of the molecule is CCCc1ccc(C(=O)C=Cc2ccc(O)c(O)c2)c(SCCCCCCN(C)C)n1. The minimum absolute atomic E-state index is 0.114. The molecule has 1 aromatic heterocycles. The van der Waals surface area contributed by atoms with Gasteiger partial charge < -0.3 is 15.1 Å². The Balaban J connectivity index is 2.02. The van der Waals surface area contributed by atoms with Gasteiger partial charge in [-0.15, -0.1) is 11.8 Å². The molecule has 0 aliphatic carbocycles. The monoisotopic (exact) mass is 442 g/mol. The first-order valence-electron chi connectivity index (χ1n) is 10.9. The first kappa shape index (κ1) is 25.0. The maximum Gasteiger partial charge on any atom is 0.188 e. The van der Waals surface area contributed by atoms with E-state index in [4.69, 9.17) is 4.98 Å². The highest BCUT2D eigenvalue weighted by Gasteiger charge is 2.12. The molecule has 0 atom stereocenters. The molecule has 168 valence electrons. The van der Waals surface area contributed by atoms with Crippen molar-refractivity contribution < 1.29 is 15.0 Å². The molecule has 0 radical (unpaired) electrons. The third-order valence-electron chi connectivity index (χ3n) is 4.85. The van der Waals surface area contributed by atoms with Crippen molar-refractivity contribution in [1.29, 1.82) is 0 Å². The number of hydrogen-bond acceptors (Lipinski definition) is 6. The smallest absolute Gasteiger partial charge is 0.188 e. The molecule has 0 fully saturated rings. The number of hydrogen-bond donors (Lipinski definition) is 2. The lowest BCUT2D eigenvalue weighted by Crippen LogP contribution is -2.12. The highest BCUT2D eigenvalue weighted by molar-refractivity contribution is 7.99. The molecule has 2 N–H and O–H groups in total. The second-order valence-corrected chi connectivity index (χ2v) is 9.00. The number of aromatic nitrogens is 1. The number of phenols is 2. The van der Waals surface area contributed by atoms with E-state index in [2.05, 4.69) is 25.9 Å². The fourth-order valence-electron chi connectivity index (χ4n) is 3.13. The van der Waals surface area contributed by atoms with Crippen LogP contribution in [-0.2, 0) is 6.42 Å². The summed E-state index contributed by atoms with van der Waals surface area (Å²) in [5.41, 5.74) is 2.27. The van der Waals surface area contributed by atoms with E-state index in [0.717, 1.165) is 42.3 Å². The van der Waals surface area contributed by atoms with Gasteiger partial charge in [-0.2, -0.15) is 0 Å². The van der Waals surface area contributed by atoms with Crippen LogP contribution >= 0.6 is 11.8 Å². The van der Waals surface area contributed by atoms with Crippen LogP contribution in [0, 0.1) is 0 Å². The summed E-state index contributed by atoms with van der Waals surface area (Å²) in [5, 5.41) is 19.8. The summed E-state index contributed by atoms with van der Waals surface area (Å²) in [5.74, 6) is 0.443. The van der Waals surface area contributed by atoms with E-state index in [1.165, 1.54) is 37.5 Å². The summed E-state index contributed by atoms with van der Waals surface area (Å²) < 4.78 is 0. The number of aryl methyl sites for hydroxylation is 1. The van der Waals surface area contributed by atoms with Crippen LogP contribution in [0.2, 0.25) is 0 Å². The number of ketones is 1. The highest BCUT2D eigenvalue weighted by Crippen LogP contribution is 2.27. The van der Waals surface area contributed by atoms with Gasteiger partial charge in [0.2, 0.25) is 0 Å². The van der Waals surface area contributed by atoms with E-state index in [-0.39, 0.29) is 17.3 Å². The van der Waals surface area contributed by atoms with Gasteiger partial charge in [-0.25, -0.2) is 4.98 Å². The fraction of sp³-hybridized carbons (Fsp3) is 0.440. The van der Waals surface area contributed by atoms with E-state index in [1.54, 1.807) is 23.9 Å². The Kier molecular flexibility index (Phi) is 10.6. The third-order valence-corrected chi connectivity index (χ3v) is 5.93. The molecule has 0 bridgehead atoms. The van der Waals surface area contributed by atoms with Gasteiger partial charge in [-0.3, -0.25) is 4.79 Å². The highest BCUT2D eigenvalue weighted by atomic mass is 32.2. The Labute approximate surface area is 190 Å². The minimum Gasteiger partial charge on any atom is -0.504 e. The van der Waals surface area contributed by atoms with E-state index < -0.39 is 0 Å². The number of rotatable bonds is 13. The van der Waals surface area contributed by atoms with E-state index in [0.29, 0.717) is 11.1 Å². The molecule has 6 heteroatoms. The first-order valence-corrected chi connectivity index (χ1v) is 11.9. The van der Waals surface area contributed by atoms with Gasteiger partial charge in [0.25, 0.3) is 0 Å². The number of thioether (sulfide) groups is 1. The van der Waals surface area contributed by atoms with Crippen molar-refractivity contribution in [1.82, 2.24) is 9.88 Å². The first-order chi connectivity index (χ1) is 14.9. The van der Waals surface area contributed by atoms with Crippen LogP contribution in [-0.4, -0.2) is 52.3 Å². The molecular weight excluding hydrogens is 408 g/mol. The quantitative estimate of drug-likeness (QED) is 0.139. The van der Waals surface area contributed by atoms with Crippen LogP contribution in [0.4, 0.5) is 0 Å². The van der Waals surface area contributed by atoms with E-state index >= 15 is 0 Å². The zero-order chi connectivity index (χ0) is 22.6. The Hall–Kier alpha value is -2.31. The lowest BCUT2D eigenvalue weighted by Gasteiger charge is -2.10. The lowest BCUT2D eigenvalue weighted by atomic mass is 10.1. The number of nitrogens with zero attached hydrogens (tertiary/aromatic N) is 2. The molecule has 5 nitrogen and oxygen atoms in total. The van der Waals surface area contributed by atoms with Crippen LogP contribution in [0.5, 0.6) is 11.5 Å². The Morgan fingerprint density at radius 3 is 2.55 bits per heavy atom. The van der Waals surface area contributed by atoms with Crippen LogP contribution in [0.1, 0.15) is 60.6 Å². The summed E-state index contributed by atoms with van der Waals surface area (Å²) >= 11 is 1.66. The molecule has 2 rings (SSSR count). The second-order valence-electron chi connectivity index (χ2n) is 7.92. The zero-order valence-electron chi connectivity index (χ0n) is 18.8. The van der Waals surface area contributed by atoms with Crippen LogP contribution in [0.3, 0.4) is 0 Å². The largest absolute Gasteiger partial charge is 0.504 e. The maximum absolute atomic E-state index is 12.8. The normalized spacial score (nSPS) is 11.5. The zero-order valence-corrected chi connectivity index (χ0v) is 19.6. The standard InChI is InChI=1S/C25H34N2O3S/c1-4-9-20-12-13-21(22(28)14-10-19-11-15-23(29)24(30)18-19)25(26-20)31-17-8-6-5-7-16-27(2)3/h10-15,18,29-30H,4-9,16-17H2,1-3H3. The van der Waals surface area contributed by atoms with Crippen molar-refractivity contribution in [3.8, 4) is 11.5 Å². The Bertz CT molecular complexity index is 881. The predicted molar refractivity (Wildman–Crippen MR) is 129 cm³/mol. The number of benzene rings is 1. The molecule has 0 unspecified atom stereocenters. The van der Waals surface area contributed by atoms with Crippen LogP contribution in [0.15, 0.2) is 41.4 Å². The number of aromatic hydroxyl groups is 2. The van der Waals surface area contributed by atoms with Gasteiger partial charge >= 0.3 is 0 Å². The fourth-order valence-corrected chi connectivity index (χ4v) is 4.18. The topological polar surface area (TPSA) is 73.7 Å². The van der Waals surface area contributed by atoms with Crippen molar-refractivity contribution in [2.24, 2.45) is 0 Å². The molecule has 2 aromatic rings. The summed E-state index contributed by atoms with van der Waals surface area (Å²) in [6, 6.07) is 8.28. The molecule has 0 saturated heterocycles. The van der Waals surface area contributed by atoms with Gasteiger partial charge in [-0.05, 0) is 81.6 Å². The lowest BCUT2D eigenvalue weighted by molar-refractivity contribution is 0.104.